The predicted octanol–water partition coefficient (Wildman–Crippen LogP) is 4.55. The number of nitrogens with zero attached hydrogens (tertiary/aromatic N) is 3. The molecule has 0 bridgehead atoms. The van der Waals surface area contributed by atoms with Crippen LogP contribution in [0.15, 0.2) is 109 Å². The number of carbonyl (C=O) groups excluding carboxylic acids is 2. The summed E-state index contributed by atoms with van der Waals surface area (Å²) in [6, 6.07) is 30.1. The van der Waals surface area contributed by atoms with Gasteiger partial charge in [-0.25, -0.2) is 0 Å². The molecule has 2 heterocycles. The van der Waals surface area contributed by atoms with Crippen molar-refractivity contribution in [3.8, 4) is 0 Å². The average molecular weight is 504 g/mol. The summed E-state index contributed by atoms with van der Waals surface area (Å²) in [7, 11) is 0. The quantitative estimate of drug-likeness (QED) is 0.369. The fourth-order valence-electron chi connectivity index (χ4n) is 4.89. The van der Waals surface area contributed by atoms with Crippen molar-refractivity contribution in [3.63, 3.8) is 0 Å². The van der Waals surface area contributed by atoms with E-state index in [0.717, 1.165) is 22.3 Å². The smallest absolute Gasteiger partial charge is 0.264 e. The Bertz CT molecular complexity index is 1400. The molecule has 0 unspecified atom stereocenters. The minimum atomic E-state index is -1.20. The molecule has 1 saturated heterocycles. The average Bonchev–Trinajstić information content (AvgIpc) is 3.23. The number of hydrogen-bond donors (Lipinski definition) is 2. The van der Waals surface area contributed by atoms with E-state index in [1.54, 1.807) is 23.4 Å². The number of benzene rings is 3. The summed E-state index contributed by atoms with van der Waals surface area (Å²) in [4.78, 5) is 34.7. The number of pyridine rings is 1. The Hall–Kier alpha value is -4.78. The van der Waals surface area contributed by atoms with Crippen LogP contribution < -0.4 is 5.32 Å². The van der Waals surface area contributed by atoms with Crippen molar-refractivity contribution in [3.05, 3.63) is 137 Å². The first-order valence-corrected chi connectivity index (χ1v) is 12.6. The molecular weight excluding hydrogens is 474 g/mol. The van der Waals surface area contributed by atoms with Gasteiger partial charge >= 0.3 is 0 Å². The first-order valence-electron chi connectivity index (χ1n) is 12.6. The van der Waals surface area contributed by atoms with Gasteiger partial charge in [-0.3, -0.25) is 24.9 Å². The fraction of sp³-hybridized carbons (Fsp3) is 0.161. The molecule has 38 heavy (non-hydrogen) atoms. The minimum Gasteiger partial charge on any atom is -0.335 e. The van der Waals surface area contributed by atoms with Crippen LogP contribution in [0.25, 0.3) is 0 Å². The third-order valence-electron chi connectivity index (χ3n) is 6.86. The standard InChI is InChI=1S/C31H29N5O2/c1-2-35(21-23-16-18-33-19-17-23)28(37)25-11-9-10-24(20-25)22-36-29(38)31(34-30(36)32,26-12-5-3-6-13-26)27-14-7-4-8-15-27/h3-20H,2,21-22H2,1H3,(H2,32,34). The van der Waals surface area contributed by atoms with E-state index in [1.165, 1.54) is 4.90 Å². The molecule has 2 N–H and O–H groups in total. The maximum atomic E-state index is 14.1. The molecule has 1 aromatic heterocycles. The van der Waals surface area contributed by atoms with Gasteiger partial charge in [0.2, 0.25) is 0 Å². The predicted molar refractivity (Wildman–Crippen MR) is 146 cm³/mol. The van der Waals surface area contributed by atoms with Gasteiger partial charge in [0.05, 0.1) is 6.54 Å². The Balaban J connectivity index is 1.42. The summed E-state index contributed by atoms with van der Waals surface area (Å²) >= 11 is 0. The summed E-state index contributed by atoms with van der Waals surface area (Å²) in [6.07, 6.45) is 3.43. The Labute approximate surface area is 222 Å². The Morgan fingerprint density at radius 3 is 2.13 bits per heavy atom. The van der Waals surface area contributed by atoms with Crippen LogP contribution in [-0.2, 0) is 23.4 Å². The highest BCUT2D eigenvalue weighted by Gasteiger charge is 2.52. The molecule has 190 valence electrons. The Morgan fingerprint density at radius 2 is 1.53 bits per heavy atom. The molecule has 5 rings (SSSR count). The number of hydrogen-bond acceptors (Lipinski definition) is 4. The van der Waals surface area contributed by atoms with Crippen molar-refractivity contribution in [1.82, 2.24) is 20.1 Å². The highest BCUT2D eigenvalue weighted by molar-refractivity contribution is 6.10. The molecule has 0 radical (unpaired) electrons. The van der Waals surface area contributed by atoms with Crippen LogP contribution in [0.3, 0.4) is 0 Å². The van der Waals surface area contributed by atoms with Crippen molar-refractivity contribution < 1.29 is 9.59 Å². The van der Waals surface area contributed by atoms with Crippen LogP contribution in [0.4, 0.5) is 0 Å². The van der Waals surface area contributed by atoms with Crippen molar-refractivity contribution in [1.29, 1.82) is 5.41 Å². The lowest BCUT2D eigenvalue weighted by molar-refractivity contribution is -0.130. The number of rotatable bonds is 8. The molecule has 0 saturated carbocycles. The van der Waals surface area contributed by atoms with Crippen LogP contribution in [0.5, 0.6) is 0 Å². The lowest BCUT2D eigenvalue weighted by Crippen LogP contribution is -2.45. The molecular formula is C31H29N5O2. The zero-order valence-electron chi connectivity index (χ0n) is 21.2. The number of guanidine groups is 1. The Morgan fingerprint density at radius 1 is 0.895 bits per heavy atom. The van der Waals surface area contributed by atoms with E-state index in [0.29, 0.717) is 18.7 Å². The van der Waals surface area contributed by atoms with Crippen molar-refractivity contribution >= 4 is 17.8 Å². The summed E-state index contributed by atoms with van der Waals surface area (Å²) in [5.74, 6) is -0.299. The van der Waals surface area contributed by atoms with Crippen LogP contribution in [0.1, 0.15) is 39.5 Å². The molecule has 0 aliphatic carbocycles. The fourth-order valence-corrected chi connectivity index (χ4v) is 4.89. The monoisotopic (exact) mass is 503 g/mol. The Kier molecular flexibility index (Phi) is 7.00. The zero-order chi connectivity index (χ0) is 26.5. The van der Waals surface area contributed by atoms with Gasteiger partial charge in [0, 0.05) is 31.0 Å². The highest BCUT2D eigenvalue weighted by Crippen LogP contribution is 2.36. The van der Waals surface area contributed by atoms with E-state index in [9.17, 15) is 9.59 Å². The van der Waals surface area contributed by atoms with E-state index in [-0.39, 0.29) is 24.3 Å². The van der Waals surface area contributed by atoms with E-state index < -0.39 is 5.54 Å². The number of carbonyl (C=O) groups is 2. The van der Waals surface area contributed by atoms with Gasteiger partial charge in [-0.1, -0.05) is 72.8 Å². The van der Waals surface area contributed by atoms with Crippen molar-refractivity contribution in [2.45, 2.75) is 25.6 Å². The van der Waals surface area contributed by atoms with Gasteiger partial charge in [0.15, 0.2) is 11.5 Å². The first-order chi connectivity index (χ1) is 18.5. The van der Waals surface area contributed by atoms with E-state index >= 15 is 0 Å². The molecule has 1 aliphatic heterocycles. The zero-order valence-corrected chi connectivity index (χ0v) is 21.2. The second kappa shape index (κ2) is 10.7. The van der Waals surface area contributed by atoms with Crippen molar-refractivity contribution in [2.24, 2.45) is 0 Å². The maximum absolute atomic E-state index is 14.1. The summed E-state index contributed by atoms with van der Waals surface area (Å²) in [5, 5.41) is 11.9. The van der Waals surface area contributed by atoms with Crippen LogP contribution in [0, 0.1) is 5.41 Å². The molecule has 1 fully saturated rings. The van der Waals surface area contributed by atoms with Gasteiger partial charge in [0.1, 0.15) is 0 Å². The molecule has 0 spiro atoms. The normalized spacial score (nSPS) is 14.3. The summed E-state index contributed by atoms with van der Waals surface area (Å²) in [5.41, 5.74) is 2.65. The maximum Gasteiger partial charge on any atom is 0.264 e. The van der Waals surface area contributed by atoms with Gasteiger partial charge < -0.3 is 10.2 Å². The molecule has 7 nitrogen and oxygen atoms in total. The number of nitrogens with one attached hydrogen (secondary N) is 2. The lowest BCUT2D eigenvalue weighted by atomic mass is 9.82. The second-order valence-electron chi connectivity index (χ2n) is 9.22. The van der Waals surface area contributed by atoms with E-state index in [4.69, 9.17) is 5.41 Å². The third-order valence-corrected chi connectivity index (χ3v) is 6.86. The van der Waals surface area contributed by atoms with Crippen LogP contribution in [0.2, 0.25) is 0 Å². The molecule has 7 heteroatoms. The topological polar surface area (TPSA) is 89.4 Å². The molecule has 3 aromatic carbocycles. The molecule has 4 aromatic rings. The largest absolute Gasteiger partial charge is 0.335 e. The SMILES string of the molecule is CCN(Cc1ccncc1)C(=O)c1cccc(CN2C(=N)NC(c3ccccc3)(c3ccccc3)C2=O)c1. The third kappa shape index (κ3) is 4.66. The molecule has 0 atom stereocenters. The molecule has 2 amide bonds. The lowest BCUT2D eigenvalue weighted by Gasteiger charge is -2.28. The van der Waals surface area contributed by atoms with Crippen LogP contribution >= 0.6 is 0 Å². The first kappa shape index (κ1) is 24.9. The van der Waals surface area contributed by atoms with Gasteiger partial charge in [-0.05, 0) is 53.4 Å². The summed E-state index contributed by atoms with van der Waals surface area (Å²) in [6.45, 7) is 3.16. The van der Waals surface area contributed by atoms with Gasteiger partial charge in [0.25, 0.3) is 11.8 Å². The highest BCUT2D eigenvalue weighted by atomic mass is 16.2. The molecule has 1 aliphatic rings. The van der Waals surface area contributed by atoms with Gasteiger partial charge in [-0.15, -0.1) is 0 Å². The summed E-state index contributed by atoms with van der Waals surface area (Å²) < 4.78 is 0. The van der Waals surface area contributed by atoms with Gasteiger partial charge in [-0.2, -0.15) is 0 Å². The number of amides is 2. The van der Waals surface area contributed by atoms with Crippen LogP contribution in [-0.4, -0.2) is 39.1 Å². The van der Waals surface area contributed by atoms with Crippen molar-refractivity contribution in [2.75, 3.05) is 6.54 Å². The minimum absolute atomic E-state index is 0.0207. The second-order valence-corrected chi connectivity index (χ2v) is 9.22. The number of aromatic nitrogens is 1. The van der Waals surface area contributed by atoms with E-state index in [2.05, 4.69) is 10.3 Å². The van der Waals surface area contributed by atoms with E-state index in [1.807, 2.05) is 97.9 Å².